The number of aromatic nitrogens is 2. The number of hydrogen-bond donors (Lipinski definition) is 2. The van der Waals surface area contributed by atoms with E-state index < -0.39 is 10.5 Å². The average Bonchev–Trinajstić information content (AvgIpc) is 3.69. The predicted octanol–water partition coefficient (Wildman–Crippen LogP) is 3.26. The van der Waals surface area contributed by atoms with Gasteiger partial charge in [0.25, 0.3) is 11.8 Å². The molecule has 3 aromatic rings. The molecule has 5 rings (SSSR count). The fourth-order valence-electron chi connectivity index (χ4n) is 3.21. The van der Waals surface area contributed by atoms with Crippen molar-refractivity contribution in [3.63, 3.8) is 0 Å². The van der Waals surface area contributed by atoms with Gasteiger partial charge in [0, 0.05) is 0 Å². The molecule has 0 fully saturated rings. The lowest BCUT2D eigenvalue weighted by atomic mass is 10.2. The summed E-state index contributed by atoms with van der Waals surface area (Å²) in [7, 11) is 0. The van der Waals surface area contributed by atoms with Gasteiger partial charge in [-0.2, -0.15) is 10.2 Å². The third-order valence-electron chi connectivity index (χ3n) is 5.25. The summed E-state index contributed by atoms with van der Waals surface area (Å²) in [6.45, 7) is 3.88. The highest BCUT2D eigenvalue weighted by Crippen LogP contribution is 2.34. The lowest BCUT2D eigenvalue weighted by Crippen LogP contribution is -2.26. The van der Waals surface area contributed by atoms with Crippen LogP contribution in [0.1, 0.15) is 25.0 Å². The first kappa shape index (κ1) is 26.8. The molecule has 1 aromatic heterocycles. The van der Waals surface area contributed by atoms with Gasteiger partial charge in [-0.05, 0) is 61.4 Å². The fraction of sp³-hybridized carbons (Fsp3) is 0.250. The zero-order valence-electron chi connectivity index (χ0n) is 20.7. The SMILES string of the molecule is CC(Sc1nnc(SC(C)C(=O)N/N=C/c2ccc3c(c2)OCO3)s1)C(=O)N/N=C/c1ccc2c(c1)OCO2. The number of carbonyl (C=O) groups is 2. The molecule has 0 aliphatic carbocycles. The van der Waals surface area contributed by atoms with Crippen molar-refractivity contribution in [2.24, 2.45) is 10.2 Å². The van der Waals surface area contributed by atoms with E-state index in [1.54, 1.807) is 38.1 Å². The Labute approximate surface area is 235 Å². The van der Waals surface area contributed by atoms with Gasteiger partial charge >= 0.3 is 0 Å². The first-order valence-electron chi connectivity index (χ1n) is 11.6. The van der Waals surface area contributed by atoms with Gasteiger partial charge < -0.3 is 18.9 Å². The minimum absolute atomic E-state index is 0.192. The van der Waals surface area contributed by atoms with E-state index in [-0.39, 0.29) is 25.4 Å². The van der Waals surface area contributed by atoms with Crippen molar-refractivity contribution in [3.05, 3.63) is 47.5 Å². The van der Waals surface area contributed by atoms with E-state index in [4.69, 9.17) is 18.9 Å². The molecule has 202 valence electrons. The van der Waals surface area contributed by atoms with E-state index in [1.807, 2.05) is 12.1 Å². The normalized spacial score (nSPS) is 15.0. The second-order valence-electron chi connectivity index (χ2n) is 8.05. The standard InChI is InChI=1S/C24H22N6O6S3/c1-13(21(31)27-25-9-15-3-5-17-19(7-15)35-11-33-17)37-23-29-30-24(39-23)38-14(2)22(32)28-26-10-16-4-6-18-20(8-16)36-12-34-18/h3-10,13-14H,11-12H2,1-2H3,(H,27,31)(H,28,32)/b25-9+,26-10+. The van der Waals surface area contributed by atoms with Crippen molar-refractivity contribution in [3.8, 4) is 23.0 Å². The van der Waals surface area contributed by atoms with E-state index in [2.05, 4.69) is 31.3 Å². The maximum atomic E-state index is 12.4. The molecule has 0 saturated heterocycles. The molecular formula is C24H22N6O6S3. The predicted molar refractivity (Wildman–Crippen MR) is 147 cm³/mol. The topological polar surface area (TPSA) is 146 Å². The van der Waals surface area contributed by atoms with Crippen LogP contribution in [0.3, 0.4) is 0 Å². The molecule has 2 aliphatic rings. The molecule has 2 aromatic carbocycles. The van der Waals surface area contributed by atoms with Gasteiger partial charge in [-0.25, -0.2) is 10.9 Å². The molecule has 39 heavy (non-hydrogen) atoms. The third kappa shape index (κ3) is 6.99. The van der Waals surface area contributed by atoms with Crippen LogP contribution in [0.25, 0.3) is 0 Å². The molecule has 15 heteroatoms. The Kier molecular flexibility index (Phi) is 8.48. The highest BCUT2D eigenvalue weighted by atomic mass is 32.2. The Balaban J connectivity index is 1.05. The van der Waals surface area contributed by atoms with Crippen LogP contribution in [0.15, 0.2) is 55.3 Å². The largest absolute Gasteiger partial charge is 0.454 e. The van der Waals surface area contributed by atoms with Gasteiger partial charge in [0.2, 0.25) is 13.6 Å². The van der Waals surface area contributed by atoms with Crippen molar-refractivity contribution in [2.75, 3.05) is 13.6 Å². The molecule has 2 N–H and O–H groups in total. The number of thioether (sulfide) groups is 2. The molecule has 2 amide bonds. The lowest BCUT2D eigenvalue weighted by Gasteiger charge is -2.07. The van der Waals surface area contributed by atoms with Crippen LogP contribution in [0.5, 0.6) is 23.0 Å². The summed E-state index contributed by atoms with van der Waals surface area (Å²) in [6, 6.07) is 10.8. The van der Waals surface area contributed by atoms with E-state index in [0.717, 1.165) is 11.1 Å². The van der Waals surface area contributed by atoms with Gasteiger partial charge in [-0.1, -0.05) is 34.9 Å². The van der Waals surface area contributed by atoms with Crippen LogP contribution in [0.4, 0.5) is 0 Å². The van der Waals surface area contributed by atoms with Gasteiger partial charge in [0.15, 0.2) is 31.7 Å². The maximum Gasteiger partial charge on any atom is 0.253 e. The molecule has 0 saturated carbocycles. The summed E-state index contributed by atoms with van der Waals surface area (Å²) >= 11 is 3.82. The van der Waals surface area contributed by atoms with Crippen LogP contribution in [-0.2, 0) is 9.59 Å². The van der Waals surface area contributed by atoms with Crippen LogP contribution in [0.2, 0.25) is 0 Å². The summed E-state index contributed by atoms with van der Waals surface area (Å²) in [6.07, 6.45) is 3.06. The summed E-state index contributed by atoms with van der Waals surface area (Å²) in [5.74, 6) is 2.07. The molecule has 2 atom stereocenters. The summed E-state index contributed by atoms with van der Waals surface area (Å²) in [5.41, 5.74) is 6.58. The quantitative estimate of drug-likeness (QED) is 0.206. The number of rotatable bonds is 10. The smallest absolute Gasteiger partial charge is 0.253 e. The zero-order valence-corrected chi connectivity index (χ0v) is 23.1. The van der Waals surface area contributed by atoms with E-state index in [9.17, 15) is 9.59 Å². The number of hydrazone groups is 2. The Bertz CT molecular complexity index is 1330. The van der Waals surface area contributed by atoms with Crippen LogP contribution >= 0.6 is 34.9 Å². The second kappa shape index (κ2) is 12.4. The molecule has 2 aliphatic heterocycles. The Hall–Kier alpha value is -3.82. The lowest BCUT2D eigenvalue weighted by molar-refractivity contribution is -0.121. The highest BCUT2D eigenvalue weighted by Gasteiger charge is 2.20. The second-order valence-corrected chi connectivity index (χ2v) is 12.2. The van der Waals surface area contributed by atoms with Crippen molar-refractivity contribution < 1.29 is 28.5 Å². The molecule has 0 bridgehead atoms. The van der Waals surface area contributed by atoms with E-state index in [1.165, 1.54) is 47.3 Å². The number of hydrogen-bond acceptors (Lipinski definition) is 13. The van der Waals surface area contributed by atoms with Gasteiger partial charge in [0.05, 0.1) is 22.9 Å². The van der Waals surface area contributed by atoms with Crippen LogP contribution < -0.4 is 29.8 Å². The third-order valence-corrected chi connectivity index (χ3v) is 8.54. The zero-order chi connectivity index (χ0) is 27.2. The van der Waals surface area contributed by atoms with Gasteiger partial charge in [0.1, 0.15) is 0 Å². The Morgan fingerprint density at radius 1 is 0.795 bits per heavy atom. The monoisotopic (exact) mass is 586 g/mol. The molecule has 2 unspecified atom stereocenters. The van der Waals surface area contributed by atoms with Gasteiger partial charge in [-0.3, -0.25) is 9.59 Å². The summed E-state index contributed by atoms with van der Waals surface area (Å²) < 4.78 is 22.4. The first-order chi connectivity index (χ1) is 18.9. The molecular weight excluding hydrogens is 565 g/mol. The number of ether oxygens (including phenoxy) is 4. The Morgan fingerprint density at radius 3 is 1.69 bits per heavy atom. The average molecular weight is 587 g/mol. The summed E-state index contributed by atoms with van der Waals surface area (Å²) in [4.78, 5) is 24.9. The number of benzene rings is 2. The number of amides is 2. The van der Waals surface area contributed by atoms with Crippen molar-refractivity contribution in [1.82, 2.24) is 21.0 Å². The number of nitrogens with zero attached hydrogens (tertiary/aromatic N) is 4. The maximum absolute atomic E-state index is 12.4. The van der Waals surface area contributed by atoms with Crippen molar-refractivity contribution in [2.45, 2.75) is 33.0 Å². The van der Waals surface area contributed by atoms with E-state index in [0.29, 0.717) is 31.7 Å². The number of fused-ring (bicyclic) bond motifs is 2. The fourth-order valence-corrected chi connectivity index (χ4v) is 6.51. The number of nitrogens with one attached hydrogen (secondary N) is 2. The molecule has 0 radical (unpaired) electrons. The minimum Gasteiger partial charge on any atom is -0.454 e. The first-order valence-corrected chi connectivity index (χ1v) is 14.1. The van der Waals surface area contributed by atoms with Crippen LogP contribution in [-0.4, -0.2) is 58.5 Å². The molecule has 3 heterocycles. The highest BCUT2D eigenvalue weighted by molar-refractivity contribution is 8.04. The van der Waals surface area contributed by atoms with Crippen LogP contribution in [0, 0.1) is 0 Å². The van der Waals surface area contributed by atoms with Gasteiger partial charge in [-0.15, -0.1) is 10.2 Å². The van der Waals surface area contributed by atoms with Crippen molar-refractivity contribution >= 4 is 59.1 Å². The van der Waals surface area contributed by atoms with E-state index >= 15 is 0 Å². The summed E-state index contributed by atoms with van der Waals surface area (Å²) in [5, 5.41) is 15.4. The molecule has 0 spiro atoms. The minimum atomic E-state index is -0.462. The Morgan fingerprint density at radius 2 is 1.23 bits per heavy atom. The number of carbonyl (C=O) groups excluding carboxylic acids is 2. The molecule has 12 nitrogen and oxygen atoms in total. The van der Waals surface area contributed by atoms with Crippen molar-refractivity contribution in [1.29, 1.82) is 0 Å².